The van der Waals surface area contributed by atoms with Crippen LogP contribution in [0.5, 0.6) is 0 Å². The molecule has 5 heteroatoms. The van der Waals surface area contributed by atoms with Crippen LogP contribution in [0.15, 0.2) is 59.6 Å². The number of hydrogen-bond acceptors (Lipinski definition) is 2. The van der Waals surface area contributed by atoms with Crippen molar-refractivity contribution in [3.8, 4) is 0 Å². The molecule has 0 saturated heterocycles. The Kier molecular flexibility index (Phi) is 7.77. The van der Waals surface area contributed by atoms with Crippen molar-refractivity contribution < 1.29 is 9.13 Å². The van der Waals surface area contributed by atoms with E-state index in [1.54, 1.807) is 19.2 Å². The minimum Gasteiger partial charge on any atom is -0.375 e. The van der Waals surface area contributed by atoms with E-state index in [0.29, 0.717) is 44.2 Å². The molecule has 4 nitrogen and oxygen atoms in total. The van der Waals surface area contributed by atoms with Crippen molar-refractivity contribution in [3.63, 3.8) is 0 Å². The highest BCUT2D eigenvalue weighted by Crippen LogP contribution is 2.06. The maximum absolute atomic E-state index is 13.5. The average molecular weight is 329 g/mol. The Balaban J connectivity index is 1.60. The van der Waals surface area contributed by atoms with Gasteiger partial charge in [0.25, 0.3) is 0 Å². The number of nitrogens with zero attached hydrogens (tertiary/aromatic N) is 1. The monoisotopic (exact) mass is 329 g/mol. The number of halogens is 1. The van der Waals surface area contributed by atoms with Crippen LogP contribution in [-0.4, -0.2) is 32.7 Å². The third-order valence-electron chi connectivity index (χ3n) is 3.52. The first-order valence-corrected chi connectivity index (χ1v) is 8.09. The summed E-state index contributed by atoms with van der Waals surface area (Å²) in [5.41, 5.74) is 1.86. The van der Waals surface area contributed by atoms with Gasteiger partial charge in [-0.2, -0.15) is 0 Å². The molecule has 0 aliphatic heterocycles. The minimum atomic E-state index is -0.170. The number of aliphatic imine (C=N–C) groups is 1. The molecule has 0 fully saturated rings. The normalized spacial score (nSPS) is 11.3. The molecule has 0 aliphatic carbocycles. The highest BCUT2D eigenvalue weighted by molar-refractivity contribution is 5.79. The van der Waals surface area contributed by atoms with Gasteiger partial charge in [-0.3, -0.25) is 4.99 Å². The van der Waals surface area contributed by atoms with Crippen molar-refractivity contribution in [2.45, 2.75) is 13.0 Å². The van der Waals surface area contributed by atoms with Gasteiger partial charge < -0.3 is 15.4 Å². The fourth-order valence-electron chi connectivity index (χ4n) is 2.24. The van der Waals surface area contributed by atoms with E-state index in [0.717, 1.165) is 5.56 Å². The highest BCUT2D eigenvalue weighted by Gasteiger charge is 2.01. The SMILES string of the molecule is CN=C(NCCOCc1ccccc1)NCCc1ccccc1F. The van der Waals surface area contributed by atoms with Gasteiger partial charge in [0.05, 0.1) is 13.2 Å². The predicted octanol–water partition coefficient (Wildman–Crippen LogP) is 2.75. The molecule has 0 amide bonds. The van der Waals surface area contributed by atoms with E-state index in [9.17, 15) is 4.39 Å². The number of ether oxygens (including phenoxy) is 1. The summed E-state index contributed by atoms with van der Waals surface area (Å²) in [7, 11) is 1.71. The molecular weight excluding hydrogens is 305 g/mol. The molecule has 2 aromatic carbocycles. The Morgan fingerprint density at radius 2 is 1.71 bits per heavy atom. The van der Waals surface area contributed by atoms with Crippen LogP contribution in [0.1, 0.15) is 11.1 Å². The zero-order valence-corrected chi connectivity index (χ0v) is 14.0. The Bertz CT molecular complexity index is 632. The molecule has 2 rings (SSSR count). The lowest BCUT2D eigenvalue weighted by molar-refractivity contribution is 0.125. The van der Waals surface area contributed by atoms with Gasteiger partial charge >= 0.3 is 0 Å². The second-order valence-electron chi connectivity index (χ2n) is 5.31. The highest BCUT2D eigenvalue weighted by atomic mass is 19.1. The van der Waals surface area contributed by atoms with Crippen molar-refractivity contribution >= 4 is 5.96 Å². The zero-order chi connectivity index (χ0) is 17.0. The van der Waals surface area contributed by atoms with Gasteiger partial charge in [-0.1, -0.05) is 48.5 Å². The first-order valence-electron chi connectivity index (χ1n) is 8.09. The Labute approximate surface area is 142 Å². The van der Waals surface area contributed by atoms with Crippen molar-refractivity contribution in [1.29, 1.82) is 0 Å². The van der Waals surface area contributed by atoms with Crippen molar-refractivity contribution in [2.24, 2.45) is 4.99 Å². The topological polar surface area (TPSA) is 45.7 Å². The van der Waals surface area contributed by atoms with Crippen LogP contribution in [-0.2, 0) is 17.8 Å². The van der Waals surface area contributed by atoms with E-state index in [-0.39, 0.29) is 5.82 Å². The van der Waals surface area contributed by atoms with Gasteiger partial charge in [0.2, 0.25) is 0 Å². The molecule has 0 unspecified atom stereocenters. The zero-order valence-electron chi connectivity index (χ0n) is 14.0. The lowest BCUT2D eigenvalue weighted by Crippen LogP contribution is -2.39. The maximum atomic E-state index is 13.5. The van der Waals surface area contributed by atoms with Crippen molar-refractivity contribution in [3.05, 3.63) is 71.5 Å². The lowest BCUT2D eigenvalue weighted by atomic mass is 10.1. The number of guanidine groups is 1. The smallest absolute Gasteiger partial charge is 0.191 e. The van der Waals surface area contributed by atoms with Crippen LogP contribution >= 0.6 is 0 Å². The van der Waals surface area contributed by atoms with Gasteiger partial charge in [0.15, 0.2) is 5.96 Å². The molecule has 0 atom stereocenters. The molecule has 0 aromatic heterocycles. The predicted molar refractivity (Wildman–Crippen MR) is 95.6 cm³/mol. The van der Waals surface area contributed by atoms with E-state index in [1.807, 2.05) is 36.4 Å². The average Bonchev–Trinajstić information content (AvgIpc) is 2.62. The first-order chi connectivity index (χ1) is 11.8. The molecule has 0 aliphatic rings. The standard InChI is InChI=1S/C19H24FN3O/c1-21-19(22-12-11-17-9-5-6-10-18(17)20)23-13-14-24-15-16-7-3-2-4-8-16/h2-10H,11-15H2,1H3,(H2,21,22,23). The van der Waals surface area contributed by atoms with Crippen LogP contribution in [0.3, 0.4) is 0 Å². The molecule has 24 heavy (non-hydrogen) atoms. The quantitative estimate of drug-likeness (QED) is 0.445. The van der Waals surface area contributed by atoms with Crippen LogP contribution in [0.25, 0.3) is 0 Å². The summed E-state index contributed by atoms with van der Waals surface area (Å²) in [4.78, 5) is 4.14. The van der Waals surface area contributed by atoms with E-state index in [2.05, 4.69) is 15.6 Å². The molecule has 0 bridgehead atoms. The second kappa shape index (κ2) is 10.4. The summed E-state index contributed by atoms with van der Waals surface area (Å²) in [6.07, 6.45) is 0.609. The van der Waals surface area contributed by atoms with Crippen LogP contribution in [0.2, 0.25) is 0 Å². The van der Waals surface area contributed by atoms with Crippen LogP contribution in [0.4, 0.5) is 4.39 Å². The van der Waals surface area contributed by atoms with Gasteiger partial charge in [-0.15, -0.1) is 0 Å². The second-order valence-corrected chi connectivity index (χ2v) is 5.31. The summed E-state index contributed by atoms with van der Waals surface area (Å²) in [5, 5.41) is 6.35. The van der Waals surface area contributed by atoms with E-state index in [1.165, 1.54) is 6.07 Å². The third-order valence-corrected chi connectivity index (χ3v) is 3.52. The molecule has 0 heterocycles. The number of nitrogens with one attached hydrogen (secondary N) is 2. The molecule has 128 valence electrons. The van der Waals surface area contributed by atoms with Crippen molar-refractivity contribution in [1.82, 2.24) is 10.6 Å². The van der Waals surface area contributed by atoms with Crippen LogP contribution < -0.4 is 10.6 Å². The fraction of sp³-hybridized carbons (Fsp3) is 0.316. The third kappa shape index (κ3) is 6.38. The first kappa shape index (κ1) is 17.9. The van der Waals surface area contributed by atoms with Crippen molar-refractivity contribution in [2.75, 3.05) is 26.7 Å². The van der Waals surface area contributed by atoms with Gasteiger partial charge in [-0.25, -0.2) is 4.39 Å². The summed E-state index contributed by atoms with van der Waals surface area (Å²) in [6.45, 7) is 2.46. The molecular formula is C19H24FN3O. The maximum Gasteiger partial charge on any atom is 0.191 e. The van der Waals surface area contributed by atoms with E-state index in [4.69, 9.17) is 4.74 Å². The largest absolute Gasteiger partial charge is 0.375 e. The minimum absolute atomic E-state index is 0.170. The van der Waals surface area contributed by atoms with E-state index >= 15 is 0 Å². The Morgan fingerprint density at radius 1 is 1.00 bits per heavy atom. The molecule has 0 spiro atoms. The van der Waals surface area contributed by atoms with Gasteiger partial charge in [0.1, 0.15) is 5.82 Å². The molecule has 0 radical (unpaired) electrons. The fourth-order valence-corrected chi connectivity index (χ4v) is 2.24. The Morgan fingerprint density at radius 3 is 2.46 bits per heavy atom. The van der Waals surface area contributed by atoms with Gasteiger partial charge in [0, 0.05) is 20.1 Å². The number of hydrogen-bond donors (Lipinski definition) is 2. The lowest BCUT2D eigenvalue weighted by Gasteiger charge is -2.12. The van der Waals surface area contributed by atoms with E-state index < -0.39 is 0 Å². The van der Waals surface area contributed by atoms with Gasteiger partial charge in [-0.05, 0) is 23.6 Å². The van der Waals surface area contributed by atoms with Crippen LogP contribution in [0, 0.1) is 5.82 Å². The molecule has 0 saturated carbocycles. The molecule has 2 N–H and O–H groups in total. The number of rotatable bonds is 8. The summed E-state index contributed by atoms with van der Waals surface area (Å²) < 4.78 is 19.1. The Hall–Kier alpha value is -2.40. The summed E-state index contributed by atoms with van der Waals surface area (Å²) in [5.74, 6) is 0.520. The summed E-state index contributed by atoms with van der Waals surface area (Å²) >= 11 is 0. The number of benzene rings is 2. The summed E-state index contributed by atoms with van der Waals surface area (Å²) in [6, 6.07) is 16.9. The molecule has 2 aromatic rings.